The Hall–Kier alpha value is -1.53. The van der Waals surface area contributed by atoms with Crippen molar-refractivity contribution in [3.8, 4) is 0 Å². The molecule has 6 heteroatoms. The minimum absolute atomic E-state index is 0.0383. The number of carbonyl (C=O) groups is 1. The zero-order valence-electron chi connectivity index (χ0n) is 11.1. The number of carbonyl (C=O) groups excluding carboxylic acids is 1. The van der Waals surface area contributed by atoms with E-state index < -0.39 is 15.7 Å². The molecule has 0 saturated heterocycles. The lowest BCUT2D eigenvalue weighted by Crippen LogP contribution is -2.05. The molecular weight excluding hydrogens is 359 g/mol. The Morgan fingerprint density at radius 3 is 2.33 bits per heavy atom. The van der Waals surface area contributed by atoms with Gasteiger partial charge in [0.15, 0.2) is 15.6 Å². The van der Waals surface area contributed by atoms with Crippen LogP contribution in [0.3, 0.4) is 0 Å². The Balaban J connectivity index is 2.23. The molecule has 0 atom stereocenters. The second-order valence-electron chi connectivity index (χ2n) is 4.63. The number of hydrogen-bond acceptors (Lipinski definition) is 3. The Morgan fingerprint density at radius 2 is 1.76 bits per heavy atom. The van der Waals surface area contributed by atoms with Crippen molar-refractivity contribution in [3.63, 3.8) is 0 Å². The molecule has 0 radical (unpaired) electrons. The van der Waals surface area contributed by atoms with Crippen molar-refractivity contribution in [3.05, 3.63) is 63.9 Å². The molecule has 2 aromatic carbocycles. The van der Waals surface area contributed by atoms with Crippen LogP contribution in [0.4, 0.5) is 4.39 Å². The molecule has 0 aliphatic carbocycles. The molecule has 2 rings (SSSR count). The van der Waals surface area contributed by atoms with Gasteiger partial charge >= 0.3 is 0 Å². The molecular formula is C15H12BrFO3S. The summed E-state index contributed by atoms with van der Waals surface area (Å²) in [6.07, 6.45) is 1.14. The predicted molar refractivity (Wildman–Crippen MR) is 81.7 cm³/mol. The number of rotatable bonds is 4. The molecule has 0 spiro atoms. The summed E-state index contributed by atoms with van der Waals surface area (Å²) >= 11 is 3.27. The van der Waals surface area contributed by atoms with Crippen molar-refractivity contribution < 1.29 is 17.6 Å². The van der Waals surface area contributed by atoms with Crippen molar-refractivity contribution >= 4 is 31.6 Å². The lowest BCUT2D eigenvalue weighted by molar-refractivity contribution is 0.0992. The van der Waals surface area contributed by atoms with Crippen LogP contribution in [-0.4, -0.2) is 20.5 Å². The molecule has 0 N–H and O–H groups in total. The highest BCUT2D eigenvalue weighted by atomic mass is 79.9. The molecule has 0 amide bonds. The van der Waals surface area contributed by atoms with Gasteiger partial charge in [0.05, 0.1) is 4.90 Å². The highest BCUT2D eigenvalue weighted by Gasteiger charge is 2.12. The first-order valence-electron chi connectivity index (χ1n) is 6.04. The molecule has 21 heavy (non-hydrogen) atoms. The van der Waals surface area contributed by atoms with Crippen molar-refractivity contribution in [2.24, 2.45) is 0 Å². The van der Waals surface area contributed by atoms with Crippen molar-refractivity contribution in [2.75, 3.05) is 6.26 Å². The van der Waals surface area contributed by atoms with Crippen LogP contribution in [0.1, 0.15) is 15.9 Å². The first-order chi connectivity index (χ1) is 9.77. The molecule has 0 aliphatic rings. The van der Waals surface area contributed by atoms with E-state index in [4.69, 9.17) is 0 Å². The van der Waals surface area contributed by atoms with Gasteiger partial charge in [0.1, 0.15) is 5.82 Å². The quantitative estimate of drug-likeness (QED) is 0.774. The van der Waals surface area contributed by atoms with Crippen LogP contribution >= 0.6 is 15.9 Å². The first-order valence-corrected chi connectivity index (χ1v) is 8.73. The number of sulfone groups is 1. The third kappa shape index (κ3) is 3.98. The summed E-state index contributed by atoms with van der Waals surface area (Å²) in [7, 11) is -3.28. The summed E-state index contributed by atoms with van der Waals surface area (Å²) in [6.45, 7) is 0. The minimum atomic E-state index is -3.28. The third-order valence-corrected chi connectivity index (χ3v) is 4.87. The Bertz CT molecular complexity index is 783. The van der Waals surface area contributed by atoms with Gasteiger partial charge in [0.2, 0.25) is 0 Å². The molecule has 0 heterocycles. The van der Waals surface area contributed by atoms with Gasteiger partial charge in [-0.2, -0.15) is 0 Å². The molecule has 0 unspecified atom stereocenters. The molecule has 2 aromatic rings. The van der Waals surface area contributed by atoms with E-state index in [1.165, 1.54) is 36.4 Å². The topological polar surface area (TPSA) is 51.2 Å². The number of benzene rings is 2. The summed E-state index contributed by atoms with van der Waals surface area (Å²) in [5, 5.41) is 0. The molecule has 3 nitrogen and oxygen atoms in total. The van der Waals surface area contributed by atoms with Crippen LogP contribution in [0.25, 0.3) is 0 Å². The second-order valence-corrected chi connectivity index (χ2v) is 7.50. The predicted octanol–water partition coefficient (Wildman–Crippen LogP) is 3.42. The second kappa shape index (κ2) is 6.07. The smallest absolute Gasteiger partial charge is 0.175 e. The molecule has 0 saturated carbocycles. The molecule has 110 valence electrons. The fourth-order valence-corrected chi connectivity index (χ4v) is 2.86. The van der Waals surface area contributed by atoms with Gasteiger partial charge in [-0.1, -0.05) is 28.1 Å². The summed E-state index contributed by atoms with van der Waals surface area (Å²) in [4.78, 5) is 12.3. The zero-order chi connectivity index (χ0) is 15.6. The van der Waals surface area contributed by atoms with Crippen molar-refractivity contribution in [2.45, 2.75) is 11.3 Å². The van der Waals surface area contributed by atoms with E-state index in [1.54, 1.807) is 6.07 Å². The van der Waals surface area contributed by atoms with E-state index in [0.717, 1.165) is 6.26 Å². The van der Waals surface area contributed by atoms with Crippen LogP contribution in [-0.2, 0) is 16.3 Å². The number of ketones is 1. The van der Waals surface area contributed by atoms with E-state index in [2.05, 4.69) is 15.9 Å². The van der Waals surface area contributed by atoms with Crippen LogP contribution in [0, 0.1) is 5.82 Å². The fraction of sp³-hybridized carbons (Fsp3) is 0.133. The van der Waals surface area contributed by atoms with Gasteiger partial charge in [-0.25, -0.2) is 12.8 Å². The minimum Gasteiger partial charge on any atom is -0.294 e. The average Bonchev–Trinajstić information content (AvgIpc) is 2.42. The lowest BCUT2D eigenvalue weighted by Gasteiger charge is -2.05. The number of hydrogen-bond donors (Lipinski definition) is 0. The van der Waals surface area contributed by atoms with E-state index in [9.17, 15) is 17.6 Å². The van der Waals surface area contributed by atoms with Gasteiger partial charge in [0, 0.05) is 22.7 Å². The van der Waals surface area contributed by atoms with Gasteiger partial charge in [-0.3, -0.25) is 4.79 Å². The van der Waals surface area contributed by atoms with Crippen LogP contribution in [0.2, 0.25) is 0 Å². The first kappa shape index (κ1) is 15.9. The highest BCUT2D eigenvalue weighted by molar-refractivity contribution is 9.10. The summed E-state index contributed by atoms with van der Waals surface area (Å²) < 4.78 is 36.6. The maximum atomic E-state index is 13.2. The summed E-state index contributed by atoms with van der Waals surface area (Å²) in [5.41, 5.74) is 0.936. The maximum Gasteiger partial charge on any atom is 0.175 e. The zero-order valence-corrected chi connectivity index (χ0v) is 13.5. The van der Waals surface area contributed by atoms with Gasteiger partial charge in [0.25, 0.3) is 0 Å². The monoisotopic (exact) mass is 370 g/mol. The molecule has 0 aliphatic heterocycles. The Labute approximate surface area is 130 Å². The van der Waals surface area contributed by atoms with E-state index >= 15 is 0 Å². The van der Waals surface area contributed by atoms with E-state index in [0.29, 0.717) is 15.6 Å². The van der Waals surface area contributed by atoms with Crippen LogP contribution < -0.4 is 0 Å². The fourth-order valence-electron chi connectivity index (χ4n) is 1.84. The Kier molecular flexibility index (Phi) is 4.58. The van der Waals surface area contributed by atoms with E-state index in [1.807, 2.05) is 0 Å². The highest BCUT2D eigenvalue weighted by Crippen LogP contribution is 2.20. The average molecular weight is 371 g/mol. The van der Waals surface area contributed by atoms with Crippen LogP contribution in [0.15, 0.2) is 51.8 Å². The normalized spacial score (nSPS) is 11.4. The largest absolute Gasteiger partial charge is 0.294 e. The van der Waals surface area contributed by atoms with Crippen molar-refractivity contribution in [1.82, 2.24) is 0 Å². The van der Waals surface area contributed by atoms with Gasteiger partial charge < -0.3 is 0 Å². The third-order valence-electron chi connectivity index (χ3n) is 2.96. The van der Waals surface area contributed by atoms with Gasteiger partial charge in [-0.05, 0) is 35.9 Å². The number of Topliss-reactive ketones (excluding diaryl/α,β-unsaturated/α-hetero) is 1. The van der Waals surface area contributed by atoms with E-state index in [-0.39, 0.29) is 17.1 Å². The molecule has 0 bridgehead atoms. The maximum absolute atomic E-state index is 13.2. The molecule has 0 aromatic heterocycles. The lowest BCUT2D eigenvalue weighted by atomic mass is 10.0. The summed E-state index contributed by atoms with van der Waals surface area (Å²) in [5.74, 6) is -0.616. The SMILES string of the molecule is CS(=O)(=O)c1ccc(C(=O)Cc2cc(F)ccc2Br)cc1. The standard InChI is InChI=1S/C15H12BrFO3S/c1-21(19,20)13-5-2-10(3-6-13)15(18)9-11-8-12(17)4-7-14(11)16/h2-8H,9H2,1H3. The Morgan fingerprint density at radius 1 is 1.14 bits per heavy atom. The molecule has 0 fully saturated rings. The van der Waals surface area contributed by atoms with Gasteiger partial charge in [-0.15, -0.1) is 0 Å². The number of halogens is 2. The van der Waals surface area contributed by atoms with Crippen molar-refractivity contribution in [1.29, 1.82) is 0 Å². The summed E-state index contributed by atoms with van der Waals surface area (Å²) in [6, 6.07) is 9.86. The van der Waals surface area contributed by atoms with Crippen LogP contribution in [0.5, 0.6) is 0 Å².